The van der Waals surface area contributed by atoms with E-state index in [0.29, 0.717) is 23.9 Å². The van der Waals surface area contributed by atoms with E-state index in [1.54, 1.807) is 0 Å². The lowest BCUT2D eigenvalue weighted by molar-refractivity contribution is 0.0953. The molecule has 1 aromatic heterocycles. The molecular weight excluding hydrogens is 326 g/mol. The summed E-state index contributed by atoms with van der Waals surface area (Å²) in [5.41, 5.74) is 1.52. The van der Waals surface area contributed by atoms with E-state index in [9.17, 15) is 4.79 Å². The van der Waals surface area contributed by atoms with Crippen molar-refractivity contribution in [2.75, 3.05) is 6.54 Å². The van der Waals surface area contributed by atoms with Crippen LogP contribution in [-0.4, -0.2) is 22.6 Å². The number of hydrogen-bond acceptors (Lipinski definition) is 4. The Kier molecular flexibility index (Phi) is 8.32. The van der Waals surface area contributed by atoms with Crippen LogP contribution in [0.15, 0.2) is 28.8 Å². The van der Waals surface area contributed by atoms with Gasteiger partial charge in [-0.05, 0) is 31.4 Å². The van der Waals surface area contributed by atoms with Crippen LogP contribution in [-0.2, 0) is 0 Å². The van der Waals surface area contributed by atoms with Gasteiger partial charge in [-0.15, -0.1) is 0 Å². The Morgan fingerprint density at radius 3 is 2.46 bits per heavy atom. The topological polar surface area (TPSA) is 68.0 Å². The smallest absolute Gasteiger partial charge is 0.251 e. The molecule has 1 aromatic carbocycles. The minimum Gasteiger partial charge on any atom is -0.352 e. The molecule has 0 bridgehead atoms. The van der Waals surface area contributed by atoms with Crippen molar-refractivity contribution in [1.29, 1.82) is 0 Å². The van der Waals surface area contributed by atoms with Gasteiger partial charge in [0.05, 0.1) is 0 Å². The molecule has 1 amide bonds. The van der Waals surface area contributed by atoms with Crippen LogP contribution in [0.3, 0.4) is 0 Å². The Hall–Kier alpha value is -2.17. The summed E-state index contributed by atoms with van der Waals surface area (Å²) in [4.78, 5) is 16.7. The maximum absolute atomic E-state index is 12.1. The van der Waals surface area contributed by atoms with Crippen LogP contribution >= 0.6 is 0 Å². The van der Waals surface area contributed by atoms with Gasteiger partial charge < -0.3 is 9.84 Å². The summed E-state index contributed by atoms with van der Waals surface area (Å²) in [7, 11) is 0. The molecule has 1 heterocycles. The van der Waals surface area contributed by atoms with Gasteiger partial charge in [0.1, 0.15) is 0 Å². The van der Waals surface area contributed by atoms with Gasteiger partial charge >= 0.3 is 0 Å². The number of carbonyl (C=O) groups excluding carboxylic acids is 1. The number of nitrogens with one attached hydrogen (secondary N) is 1. The average Bonchev–Trinajstić information content (AvgIpc) is 3.15. The van der Waals surface area contributed by atoms with E-state index in [-0.39, 0.29) is 5.91 Å². The molecule has 1 atom stereocenters. The van der Waals surface area contributed by atoms with Crippen molar-refractivity contribution >= 4 is 5.91 Å². The Balaban J connectivity index is 2.00. The summed E-state index contributed by atoms with van der Waals surface area (Å²) >= 11 is 0. The first kappa shape index (κ1) is 20.1. The first-order chi connectivity index (χ1) is 12.7. The first-order valence-corrected chi connectivity index (χ1v) is 9.91. The normalized spacial score (nSPS) is 12.1. The van der Waals surface area contributed by atoms with Gasteiger partial charge in [0.25, 0.3) is 5.91 Å². The fourth-order valence-corrected chi connectivity index (χ4v) is 2.91. The number of unbranched alkanes of at least 4 members (excludes halogenated alkanes) is 3. The van der Waals surface area contributed by atoms with E-state index in [0.717, 1.165) is 37.1 Å². The van der Waals surface area contributed by atoms with E-state index in [1.807, 2.05) is 24.3 Å². The van der Waals surface area contributed by atoms with Crippen LogP contribution in [0.5, 0.6) is 0 Å². The molecule has 5 nitrogen and oxygen atoms in total. The largest absolute Gasteiger partial charge is 0.352 e. The Labute approximate surface area is 156 Å². The van der Waals surface area contributed by atoms with Crippen LogP contribution in [0.4, 0.5) is 0 Å². The highest BCUT2D eigenvalue weighted by atomic mass is 16.5. The summed E-state index contributed by atoms with van der Waals surface area (Å²) < 4.78 is 5.51. The fourth-order valence-electron chi connectivity index (χ4n) is 2.91. The first-order valence-electron chi connectivity index (χ1n) is 9.91. The number of rotatable bonds is 11. The molecule has 5 heteroatoms. The summed E-state index contributed by atoms with van der Waals surface area (Å²) in [6, 6.07) is 7.37. The Bertz CT molecular complexity index is 664. The molecule has 0 saturated heterocycles. The lowest BCUT2D eigenvalue weighted by atomic mass is 9.98. The Morgan fingerprint density at radius 2 is 1.81 bits per heavy atom. The highest BCUT2D eigenvalue weighted by Gasteiger charge is 2.18. The third-order valence-corrected chi connectivity index (χ3v) is 4.66. The van der Waals surface area contributed by atoms with E-state index >= 15 is 0 Å². The molecule has 2 aromatic rings. The monoisotopic (exact) mass is 357 g/mol. The number of hydrogen-bond donors (Lipinski definition) is 1. The molecule has 0 spiro atoms. The van der Waals surface area contributed by atoms with Crippen molar-refractivity contribution in [3.63, 3.8) is 0 Å². The summed E-state index contributed by atoms with van der Waals surface area (Å²) in [5.74, 6) is 1.60. The highest BCUT2D eigenvalue weighted by molar-refractivity contribution is 5.94. The van der Waals surface area contributed by atoms with Crippen LogP contribution in [0, 0.1) is 0 Å². The molecule has 0 unspecified atom stereocenters. The molecule has 0 saturated carbocycles. The molecule has 26 heavy (non-hydrogen) atoms. The second-order valence-corrected chi connectivity index (χ2v) is 6.74. The maximum atomic E-state index is 12.1. The number of benzene rings is 1. The second kappa shape index (κ2) is 10.7. The molecular formula is C21H31N3O2. The summed E-state index contributed by atoms with van der Waals surface area (Å²) in [6.45, 7) is 7.18. The van der Waals surface area contributed by atoms with Gasteiger partial charge in [-0.2, -0.15) is 4.98 Å². The maximum Gasteiger partial charge on any atom is 0.251 e. The van der Waals surface area contributed by atoms with Crippen molar-refractivity contribution in [1.82, 2.24) is 15.5 Å². The molecule has 1 N–H and O–H groups in total. The molecule has 0 aliphatic carbocycles. The quantitative estimate of drug-likeness (QED) is 0.551. The minimum atomic E-state index is -0.0410. The van der Waals surface area contributed by atoms with Crippen molar-refractivity contribution in [3.8, 4) is 11.4 Å². The summed E-state index contributed by atoms with van der Waals surface area (Å²) in [5, 5.41) is 7.05. The number of aromatic nitrogens is 2. The van der Waals surface area contributed by atoms with Crippen molar-refractivity contribution < 1.29 is 9.32 Å². The number of amides is 1. The molecule has 142 valence electrons. The van der Waals surface area contributed by atoms with E-state index < -0.39 is 0 Å². The molecule has 2 rings (SSSR count). The Morgan fingerprint density at radius 1 is 1.08 bits per heavy atom. The lowest BCUT2D eigenvalue weighted by Crippen LogP contribution is -2.24. The predicted molar refractivity (Wildman–Crippen MR) is 104 cm³/mol. The standard InChI is InChI=1S/C21H31N3O2/c1-4-7-9-10-16(6-3)21-23-19(24-26-21)17-11-13-18(14-12-17)20(25)22-15-8-5-2/h11-14,16H,4-10,15H2,1-3H3,(H,22,25)/t16-/m0/s1. The highest BCUT2D eigenvalue weighted by Crippen LogP contribution is 2.26. The molecule has 0 aliphatic rings. The van der Waals surface area contributed by atoms with E-state index in [2.05, 4.69) is 36.2 Å². The van der Waals surface area contributed by atoms with Gasteiger partial charge in [0.2, 0.25) is 11.7 Å². The third-order valence-electron chi connectivity index (χ3n) is 4.66. The zero-order chi connectivity index (χ0) is 18.8. The van der Waals surface area contributed by atoms with E-state index in [4.69, 9.17) is 4.52 Å². The molecule has 0 aliphatic heterocycles. The van der Waals surface area contributed by atoms with Gasteiger partial charge in [-0.25, -0.2) is 0 Å². The van der Waals surface area contributed by atoms with Crippen molar-refractivity contribution in [3.05, 3.63) is 35.7 Å². The second-order valence-electron chi connectivity index (χ2n) is 6.74. The van der Waals surface area contributed by atoms with Crippen LogP contribution in [0.1, 0.15) is 87.9 Å². The van der Waals surface area contributed by atoms with Gasteiger partial charge in [0, 0.05) is 23.6 Å². The zero-order valence-corrected chi connectivity index (χ0v) is 16.3. The van der Waals surface area contributed by atoms with Gasteiger partial charge in [-0.1, -0.05) is 63.7 Å². The van der Waals surface area contributed by atoms with Crippen LogP contribution in [0.2, 0.25) is 0 Å². The van der Waals surface area contributed by atoms with Crippen molar-refractivity contribution in [2.45, 2.75) is 71.6 Å². The van der Waals surface area contributed by atoms with Crippen molar-refractivity contribution in [2.24, 2.45) is 0 Å². The van der Waals surface area contributed by atoms with Gasteiger partial charge in [-0.3, -0.25) is 4.79 Å². The summed E-state index contributed by atoms with van der Waals surface area (Å²) in [6.07, 6.45) is 7.78. The predicted octanol–water partition coefficient (Wildman–Crippen LogP) is 5.34. The molecule has 0 radical (unpaired) electrons. The SMILES string of the molecule is CCCCC[C@H](CC)c1nc(-c2ccc(C(=O)NCCCC)cc2)no1. The number of nitrogens with zero attached hydrogens (tertiary/aromatic N) is 2. The minimum absolute atomic E-state index is 0.0410. The van der Waals surface area contributed by atoms with Crippen LogP contribution in [0.25, 0.3) is 11.4 Å². The lowest BCUT2D eigenvalue weighted by Gasteiger charge is -2.08. The zero-order valence-electron chi connectivity index (χ0n) is 16.3. The number of carbonyl (C=O) groups is 1. The third kappa shape index (κ3) is 5.68. The fraction of sp³-hybridized carbons (Fsp3) is 0.571. The average molecular weight is 357 g/mol. The molecule has 0 fully saturated rings. The van der Waals surface area contributed by atoms with E-state index in [1.165, 1.54) is 19.3 Å². The van der Waals surface area contributed by atoms with Crippen LogP contribution < -0.4 is 5.32 Å². The van der Waals surface area contributed by atoms with Gasteiger partial charge in [0.15, 0.2) is 0 Å².